The van der Waals surface area contributed by atoms with Gasteiger partial charge in [-0.15, -0.1) is 11.3 Å². The van der Waals surface area contributed by atoms with Crippen molar-refractivity contribution in [1.29, 1.82) is 0 Å². The van der Waals surface area contributed by atoms with E-state index in [2.05, 4.69) is 18.7 Å². The van der Waals surface area contributed by atoms with Crippen molar-refractivity contribution in [1.82, 2.24) is 4.90 Å². The smallest absolute Gasteiger partial charge is 0.186 e. The number of rotatable bonds is 5. The van der Waals surface area contributed by atoms with Gasteiger partial charge in [0.05, 0.1) is 18.0 Å². The van der Waals surface area contributed by atoms with Crippen LogP contribution < -0.4 is 0 Å². The third-order valence-electron chi connectivity index (χ3n) is 3.82. The molecule has 1 N–H and O–H groups in total. The van der Waals surface area contributed by atoms with E-state index in [0.717, 1.165) is 24.3 Å². The largest absolute Gasteiger partial charge is 0.395 e. The quantitative estimate of drug-likeness (QED) is 0.831. The molecule has 100 valence electrons. The fourth-order valence-corrected chi connectivity index (χ4v) is 3.44. The fourth-order valence-electron chi connectivity index (χ4n) is 2.56. The predicted molar refractivity (Wildman–Crippen MR) is 74.3 cm³/mol. The first-order valence-corrected chi connectivity index (χ1v) is 7.44. The number of ketones is 1. The number of likely N-dealkylation sites (tertiary alicyclic amines) is 1. The average molecular weight is 267 g/mol. The first-order valence-electron chi connectivity index (χ1n) is 6.62. The van der Waals surface area contributed by atoms with Crippen LogP contribution in [0.1, 0.15) is 34.8 Å². The van der Waals surface area contributed by atoms with Gasteiger partial charge in [0.1, 0.15) is 0 Å². The molecule has 0 bridgehead atoms. The molecule has 3 nitrogen and oxygen atoms in total. The lowest BCUT2D eigenvalue weighted by Crippen LogP contribution is -2.38. The number of carbonyl (C=O) groups is 1. The zero-order valence-electron chi connectivity index (χ0n) is 11.1. The highest BCUT2D eigenvalue weighted by atomic mass is 32.1. The number of carbonyl (C=O) groups excluding carboxylic acids is 1. The van der Waals surface area contributed by atoms with Gasteiger partial charge in [0.15, 0.2) is 5.78 Å². The third kappa shape index (κ3) is 2.82. The second-order valence-corrected chi connectivity index (χ2v) is 6.20. The van der Waals surface area contributed by atoms with E-state index in [0.29, 0.717) is 12.5 Å². The van der Waals surface area contributed by atoms with Gasteiger partial charge < -0.3 is 5.11 Å². The van der Waals surface area contributed by atoms with Gasteiger partial charge in [-0.25, -0.2) is 0 Å². The van der Waals surface area contributed by atoms with E-state index < -0.39 is 0 Å². The Hall–Kier alpha value is -0.710. The molecule has 2 heterocycles. The Balaban J connectivity index is 1.99. The van der Waals surface area contributed by atoms with Crippen LogP contribution in [0, 0.1) is 5.92 Å². The van der Waals surface area contributed by atoms with Crippen molar-refractivity contribution in [3.63, 3.8) is 0 Å². The highest BCUT2D eigenvalue weighted by Gasteiger charge is 2.31. The van der Waals surface area contributed by atoms with E-state index in [4.69, 9.17) is 0 Å². The zero-order chi connectivity index (χ0) is 13.1. The maximum Gasteiger partial charge on any atom is 0.186 e. The van der Waals surface area contributed by atoms with Gasteiger partial charge >= 0.3 is 0 Å². The zero-order valence-corrected chi connectivity index (χ0v) is 11.9. The molecule has 1 fully saturated rings. The number of hydrogen-bond acceptors (Lipinski definition) is 4. The van der Waals surface area contributed by atoms with Crippen molar-refractivity contribution in [3.05, 3.63) is 21.9 Å². The summed E-state index contributed by atoms with van der Waals surface area (Å²) in [7, 11) is 0. The maximum absolute atomic E-state index is 12.2. The van der Waals surface area contributed by atoms with Gasteiger partial charge in [-0.1, -0.05) is 13.8 Å². The van der Waals surface area contributed by atoms with Crippen molar-refractivity contribution >= 4 is 17.1 Å². The molecule has 2 atom stereocenters. The van der Waals surface area contributed by atoms with E-state index in [1.54, 1.807) is 11.3 Å². The SMILES string of the molecule is CCc1ccc(C(=O)CN2CCC(C)C2CO)s1. The van der Waals surface area contributed by atoms with Crippen LogP contribution >= 0.6 is 11.3 Å². The third-order valence-corrected chi connectivity index (χ3v) is 5.09. The van der Waals surface area contributed by atoms with Crippen molar-refractivity contribution < 1.29 is 9.90 Å². The minimum Gasteiger partial charge on any atom is -0.395 e. The molecule has 0 amide bonds. The summed E-state index contributed by atoms with van der Waals surface area (Å²) in [4.78, 5) is 16.4. The number of aliphatic hydroxyl groups excluding tert-OH is 1. The molecule has 2 rings (SSSR count). The first kappa shape index (κ1) is 13.7. The van der Waals surface area contributed by atoms with Gasteiger partial charge in [0, 0.05) is 10.9 Å². The molecule has 1 saturated heterocycles. The van der Waals surface area contributed by atoms with Crippen LogP contribution in [0.3, 0.4) is 0 Å². The Bertz CT molecular complexity index is 416. The number of thiophene rings is 1. The molecular formula is C14H21NO2S. The maximum atomic E-state index is 12.2. The number of nitrogens with zero attached hydrogens (tertiary/aromatic N) is 1. The predicted octanol–water partition coefficient (Wildman–Crippen LogP) is 2.20. The Morgan fingerprint density at radius 1 is 1.56 bits per heavy atom. The summed E-state index contributed by atoms with van der Waals surface area (Å²) in [6, 6.07) is 4.12. The van der Waals surface area contributed by atoms with Crippen LogP contribution in [0.5, 0.6) is 0 Å². The second-order valence-electron chi connectivity index (χ2n) is 5.03. The normalized spacial score (nSPS) is 24.6. The number of Topliss-reactive ketones (excluding diaryl/α,β-unsaturated/α-hetero) is 1. The minimum absolute atomic E-state index is 0.152. The number of aliphatic hydroxyl groups is 1. The van der Waals surface area contributed by atoms with Crippen LogP contribution in [0.15, 0.2) is 12.1 Å². The lowest BCUT2D eigenvalue weighted by molar-refractivity contribution is 0.0870. The summed E-state index contributed by atoms with van der Waals surface area (Å²) in [5, 5.41) is 9.38. The van der Waals surface area contributed by atoms with Crippen LogP contribution in [-0.4, -0.2) is 41.5 Å². The summed E-state index contributed by atoms with van der Waals surface area (Å²) in [6.07, 6.45) is 2.06. The molecule has 0 saturated carbocycles. The average Bonchev–Trinajstić information content (AvgIpc) is 2.96. The van der Waals surface area contributed by atoms with Crippen LogP contribution in [-0.2, 0) is 6.42 Å². The topological polar surface area (TPSA) is 40.5 Å². The van der Waals surface area contributed by atoms with Gasteiger partial charge in [-0.3, -0.25) is 9.69 Å². The molecule has 0 radical (unpaired) electrons. The summed E-state index contributed by atoms with van der Waals surface area (Å²) in [6.45, 7) is 5.76. The van der Waals surface area contributed by atoms with Gasteiger partial charge in [0.2, 0.25) is 0 Å². The monoisotopic (exact) mass is 267 g/mol. The Kier molecular flexibility index (Phi) is 4.54. The van der Waals surface area contributed by atoms with Crippen molar-refractivity contribution in [3.8, 4) is 0 Å². The highest BCUT2D eigenvalue weighted by Crippen LogP contribution is 2.24. The highest BCUT2D eigenvalue weighted by molar-refractivity contribution is 7.14. The molecule has 2 unspecified atom stereocenters. The molecule has 1 aliphatic rings. The lowest BCUT2D eigenvalue weighted by Gasteiger charge is -2.23. The summed E-state index contributed by atoms with van der Waals surface area (Å²) in [5.74, 6) is 0.671. The van der Waals surface area contributed by atoms with Crippen molar-refractivity contribution in [2.75, 3.05) is 19.7 Å². The molecule has 0 aromatic carbocycles. The number of hydrogen-bond donors (Lipinski definition) is 1. The Morgan fingerprint density at radius 2 is 2.33 bits per heavy atom. The van der Waals surface area contributed by atoms with Crippen molar-refractivity contribution in [2.45, 2.75) is 32.7 Å². The van der Waals surface area contributed by atoms with E-state index >= 15 is 0 Å². The molecule has 18 heavy (non-hydrogen) atoms. The second kappa shape index (κ2) is 5.95. The van der Waals surface area contributed by atoms with E-state index in [9.17, 15) is 9.90 Å². The van der Waals surface area contributed by atoms with Gasteiger partial charge in [0.25, 0.3) is 0 Å². The lowest BCUT2D eigenvalue weighted by atomic mass is 10.0. The Labute approximate surface area is 112 Å². The Morgan fingerprint density at radius 3 is 2.94 bits per heavy atom. The van der Waals surface area contributed by atoms with E-state index in [-0.39, 0.29) is 18.4 Å². The summed E-state index contributed by atoms with van der Waals surface area (Å²) in [5.41, 5.74) is 0. The molecule has 1 aromatic rings. The summed E-state index contributed by atoms with van der Waals surface area (Å²) < 4.78 is 0. The molecule has 0 aliphatic carbocycles. The standard InChI is InChI=1S/C14H21NO2S/c1-3-11-4-5-14(18-11)13(17)8-15-7-6-10(2)12(15)9-16/h4-5,10,12,16H,3,6-9H2,1-2H3. The van der Waals surface area contributed by atoms with Crippen molar-refractivity contribution in [2.24, 2.45) is 5.92 Å². The fraction of sp³-hybridized carbons (Fsp3) is 0.643. The molecule has 4 heteroatoms. The summed E-state index contributed by atoms with van der Waals surface area (Å²) >= 11 is 1.60. The molecule has 1 aromatic heterocycles. The molecule has 1 aliphatic heterocycles. The first-order chi connectivity index (χ1) is 8.65. The van der Waals surface area contributed by atoms with Gasteiger partial charge in [-0.05, 0) is 37.4 Å². The van der Waals surface area contributed by atoms with Crippen LogP contribution in [0.25, 0.3) is 0 Å². The molecule has 0 spiro atoms. The van der Waals surface area contributed by atoms with Crippen LogP contribution in [0.2, 0.25) is 0 Å². The molecular weight excluding hydrogens is 246 g/mol. The van der Waals surface area contributed by atoms with Gasteiger partial charge in [-0.2, -0.15) is 0 Å². The minimum atomic E-state index is 0.152. The van der Waals surface area contributed by atoms with E-state index in [1.807, 2.05) is 12.1 Å². The number of aryl methyl sites for hydroxylation is 1. The van der Waals surface area contributed by atoms with E-state index in [1.165, 1.54) is 4.88 Å². The van der Waals surface area contributed by atoms with Crippen LogP contribution in [0.4, 0.5) is 0 Å².